The van der Waals surface area contributed by atoms with Gasteiger partial charge in [-0.05, 0) is 53.7 Å². The summed E-state index contributed by atoms with van der Waals surface area (Å²) in [6.07, 6.45) is -0.583. The van der Waals surface area contributed by atoms with Crippen LogP contribution in [0.1, 0.15) is 51.8 Å². The van der Waals surface area contributed by atoms with Crippen LogP contribution in [0.15, 0.2) is 18.2 Å². The number of hydrogen-bond acceptors (Lipinski definition) is 3. The average molecular weight is 265 g/mol. The largest absolute Gasteiger partial charge is 0.493 e. The van der Waals surface area contributed by atoms with Crippen LogP contribution >= 0.6 is 0 Å². The van der Waals surface area contributed by atoms with E-state index in [2.05, 4.69) is 26.1 Å². The van der Waals surface area contributed by atoms with E-state index in [-0.39, 0.29) is 11.6 Å². The van der Waals surface area contributed by atoms with Crippen molar-refractivity contribution in [3.05, 3.63) is 29.3 Å². The van der Waals surface area contributed by atoms with Gasteiger partial charge in [0.2, 0.25) is 0 Å². The summed E-state index contributed by atoms with van der Waals surface area (Å²) in [4.78, 5) is 0. The Morgan fingerprint density at radius 1 is 1.32 bits per heavy atom. The van der Waals surface area contributed by atoms with Gasteiger partial charge in [-0.3, -0.25) is 0 Å². The molecule has 0 aliphatic carbocycles. The van der Waals surface area contributed by atoms with Gasteiger partial charge in [0.15, 0.2) is 0 Å². The summed E-state index contributed by atoms with van der Waals surface area (Å²) in [6, 6.07) is 5.89. The maximum absolute atomic E-state index is 10.5. The smallest absolute Gasteiger partial charge is 0.125 e. The van der Waals surface area contributed by atoms with E-state index in [0.717, 1.165) is 16.9 Å². The van der Waals surface area contributed by atoms with Gasteiger partial charge < -0.3 is 15.2 Å². The van der Waals surface area contributed by atoms with Crippen LogP contribution in [0.3, 0.4) is 0 Å². The molecule has 2 N–H and O–H groups in total. The van der Waals surface area contributed by atoms with Gasteiger partial charge in [-0.25, -0.2) is 0 Å². The lowest BCUT2D eigenvalue weighted by molar-refractivity contribution is 0.117. The molecule has 2 unspecified atom stereocenters. The molecule has 0 aromatic heterocycles. The van der Waals surface area contributed by atoms with Crippen LogP contribution in [0, 0.1) is 6.92 Å². The van der Waals surface area contributed by atoms with Gasteiger partial charge in [-0.1, -0.05) is 11.6 Å². The molecule has 0 aliphatic heterocycles. The minimum absolute atomic E-state index is 0.0317. The quantitative estimate of drug-likeness (QED) is 0.859. The molecule has 0 fully saturated rings. The fraction of sp³-hybridized carbons (Fsp3) is 0.625. The molecular weight excluding hydrogens is 238 g/mol. The van der Waals surface area contributed by atoms with Gasteiger partial charge in [-0.2, -0.15) is 0 Å². The molecule has 3 nitrogen and oxygen atoms in total. The second-order valence-corrected chi connectivity index (χ2v) is 6.10. The van der Waals surface area contributed by atoms with Crippen molar-refractivity contribution in [2.45, 2.75) is 59.2 Å². The van der Waals surface area contributed by atoms with E-state index in [0.29, 0.717) is 6.61 Å². The summed E-state index contributed by atoms with van der Waals surface area (Å²) in [6.45, 7) is 12.8. The first-order chi connectivity index (χ1) is 8.74. The molecular formula is C16H27NO2. The minimum Gasteiger partial charge on any atom is -0.493 e. The van der Waals surface area contributed by atoms with Gasteiger partial charge in [0.05, 0.1) is 12.7 Å². The summed E-state index contributed by atoms with van der Waals surface area (Å²) in [5.41, 5.74) is 1.95. The summed E-state index contributed by atoms with van der Waals surface area (Å²) in [5.74, 6) is 0.767. The molecule has 1 rings (SSSR count). The Bertz CT molecular complexity index is 410. The van der Waals surface area contributed by atoms with Crippen molar-refractivity contribution in [1.29, 1.82) is 0 Å². The van der Waals surface area contributed by atoms with E-state index in [1.165, 1.54) is 0 Å². The SMILES string of the molecule is CCOc1ccc(C)cc1C(O)C(C)NC(C)(C)C. The van der Waals surface area contributed by atoms with Crippen molar-refractivity contribution in [3.8, 4) is 5.75 Å². The number of aliphatic hydroxyl groups is 1. The van der Waals surface area contributed by atoms with E-state index in [1.54, 1.807) is 0 Å². The normalized spacial score (nSPS) is 15.1. The predicted molar refractivity (Wildman–Crippen MR) is 79.7 cm³/mol. The molecule has 0 aliphatic rings. The maximum atomic E-state index is 10.5. The summed E-state index contributed by atoms with van der Waals surface area (Å²) in [5, 5.41) is 13.9. The fourth-order valence-corrected chi connectivity index (χ4v) is 2.22. The zero-order valence-corrected chi connectivity index (χ0v) is 12.9. The molecule has 108 valence electrons. The Morgan fingerprint density at radius 2 is 1.95 bits per heavy atom. The molecule has 0 amide bonds. The highest BCUT2D eigenvalue weighted by atomic mass is 16.5. The van der Waals surface area contributed by atoms with E-state index in [9.17, 15) is 5.11 Å². The number of rotatable bonds is 5. The topological polar surface area (TPSA) is 41.5 Å². The molecule has 1 aromatic carbocycles. The third kappa shape index (κ3) is 4.84. The minimum atomic E-state index is -0.583. The molecule has 0 saturated carbocycles. The zero-order chi connectivity index (χ0) is 14.6. The van der Waals surface area contributed by atoms with Gasteiger partial charge in [0.25, 0.3) is 0 Å². The monoisotopic (exact) mass is 265 g/mol. The first-order valence-electron chi connectivity index (χ1n) is 6.93. The number of aryl methyl sites for hydroxylation is 1. The molecule has 0 bridgehead atoms. The first kappa shape index (κ1) is 16.0. The lowest BCUT2D eigenvalue weighted by atomic mass is 9.98. The van der Waals surface area contributed by atoms with Crippen LogP contribution in [0.5, 0.6) is 5.75 Å². The van der Waals surface area contributed by atoms with Crippen LogP contribution in [-0.2, 0) is 0 Å². The van der Waals surface area contributed by atoms with Crippen molar-refractivity contribution in [3.63, 3.8) is 0 Å². The highest BCUT2D eigenvalue weighted by Gasteiger charge is 2.23. The van der Waals surface area contributed by atoms with Gasteiger partial charge in [-0.15, -0.1) is 0 Å². The first-order valence-corrected chi connectivity index (χ1v) is 6.93. The third-order valence-corrected chi connectivity index (χ3v) is 2.92. The highest BCUT2D eigenvalue weighted by molar-refractivity contribution is 5.39. The van der Waals surface area contributed by atoms with Crippen LogP contribution in [-0.4, -0.2) is 23.3 Å². The molecule has 3 heteroatoms. The second kappa shape index (κ2) is 6.40. The number of hydrogen-bond donors (Lipinski definition) is 2. The van der Waals surface area contributed by atoms with Crippen molar-refractivity contribution in [2.75, 3.05) is 6.61 Å². The van der Waals surface area contributed by atoms with E-state index < -0.39 is 6.10 Å². The van der Waals surface area contributed by atoms with Crippen LogP contribution in [0.4, 0.5) is 0 Å². The van der Waals surface area contributed by atoms with Crippen LogP contribution in [0.2, 0.25) is 0 Å². The number of ether oxygens (including phenoxy) is 1. The van der Waals surface area contributed by atoms with Gasteiger partial charge in [0, 0.05) is 17.1 Å². The van der Waals surface area contributed by atoms with Crippen molar-refractivity contribution in [1.82, 2.24) is 5.32 Å². The Labute approximate surface area is 117 Å². The van der Waals surface area contributed by atoms with E-state index in [4.69, 9.17) is 4.74 Å². The Hall–Kier alpha value is -1.06. The number of aliphatic hydroxyl groups excluding tert-OH is 1. The zero-order valence-electron chi connectivity index (χ0n) is 12.9. The lowest BCUT2D eigenvalue weighted by Crippen LogP contribution is -2.45. The second-order valence-electron chi connectivity index (χ2n) is 6.10. The van der Waals surface area contributed by atoms with E-state index >= 15 is 0 Å². The number of nitrogens with one attached hydrogen (secondary N) is 1. The number of benzene rings is 1. The summed E-state index contributed by atoms with van der Waals surface area (Å²) < 4.78 is 5.61. The molecule has 0 radical (unpaired) electrons. The molecule has 1 aromatic rings. The Balaban J connectivity index is 2.96. The van der Waals surface area contributed by atoms with Crippen LogP contribution < -0.4 is 10.1 Å². The van der Waals surface area contributed by atoms with Crippen LogP contribution in [0.25, 0.3) is 0 Å². The fourth-order valence-electron chi connectivity index (χ4n) is 2.22. The van der Waals surface area contributed by atoms with Crippen molar-refractivity contribution < 1.29 is 9.84 Å². The third-order valence-electron chi connectivity index (χ3n) is 2.92. The van der Waals surface area contributed by atoms with E-state index in [1.807, 2.05) is 39.0 Å². The molecule has 0 heterocycles. The average Bonchev–Trinajstić information content (AvgIpc) is 2.28. The predicted octanol–water partition coefficient (Wildman–Crippen LogP) is 3.20. The highest BCUT2D eigenvalue weighted by Crippen LogP contribution is 2.29. The van der Waals surface area contributed by atoms with Crippen molar-refractivity contribution in [2.24, 2.45) is 0 Å². The molecule has 0 saturated heterocycles. The molecule has 19 heavy (non-hydrogen) atoms. The summed E-state index contributed by atoms with van der Waals surface area (Å²) >= 11 is 0. The maximum Gasteiger partial charge on any atom is 0.125 e. The van der Waals surface area contributed by atoms with Crippen molar-refractivity contribution >= 4 is 0 Å². The molecule has 0 spiro atoms. The summed E-state index contributed by atoms with van der Waals surface area (Å²) in [7, 11) is 0. The van der Waals surface area contributed by atoms with Gasteiger partial charge >= 0.3 is 0 Å². The van der Waals surface area contributed by atoms with Gasteiger partial charge in [0.1, 0.15) is 5.75 Å². The lowest BCUT2D eigenvalue weighted by Gasteiger charge is -2.30. The standard InChI is InChI=1S/C16H27NO2/c1-7-19-14-9-8-11(2)10-13(14)15(18)12(3)17-16(4,5)6/h8-10,12,15,17-18H,7H2,1-6H3. The molecule has 2 atom stereocenters. The Morgan fingerprint density at radius 3 is 2.47 bits per heavy atom. The Kier molecular flexibility index (Phi) is 5.39.